The molecule has 0 unspecified atom stereocenters. The molecule has 1 aliphatic heterocycles. The van der Waals surface area contributed by atoms with E-state index < -0.39 is 4.92 Å². The Morgan fingerprint density at radius 1 is 1.19 bits per heavy atom. The quantitative estimate of drug-likeness (QED) is 0.519. The fraction of sp³-hybridized carbons (Fsp3) is 0.412. The lowest BCUT2D eigenvalue weighted by Gasteiger charge is -2.26. The van der Waals surface area contributed by atoms with Crippen LogP contribution in [0.25, 0.3) is 0 Å². The molecule has 2 heterocycles. The number of nitrogens with one attached hydrogen (secondary N) is 2. The summed E-state index contributed by atoms with van der Waals surface area (Å²) in [5.74, 6) is 0.406. The maximum absolute atomic E-state index is 11.6. The Morgan fingerprint density at radius 3 is 2.69 bits per heavy atom. The first-order valence-corrected chi connectivity index (χ1v) is 9.41. The molecule has 138 valence electrons. The van der Waals surface area contributed by atoms with Gasteiger partial charge >= 0.3 is 5.69 Å². The van der Waals surface area contributed by atoms with Gasteiger partial charge < -0.3 is 15.5 Å². The molecule has 0 atom stereocenters. The Balaban J connectivity index is 1.72. The van der Waals surface area contributed by atoms with Crippen LogP contribution in [0.5, 0.6) is 0 Å². The van der Waals surface area contributed by atoms with E-state index in [2.05, 4.69) is 41.4 Å². The van der Waals surface area contributed by atoms with Crippen molar-refractivity contribution >= 4 is 38.9 Å². The fourth-order valence-electron chi connectivity index (χ4n) is 2.99. The second-order valence-corrected chi connectivity index (χ2v) is 7.06. The summed E-state index contributed by atoms with van der Waals surface area (Å²) in [6.07, 6.45) is 5.05. The number of anilines is 3. The summed E-state index contributed by atoms with van der Waals surface area (Å²) >= 11 is 3.39. The number of halogens is 1. The van der Waals surface area contributed by atoms with E-state index in [-0.39, 0.29) is 17.3 Å². The van der Waals surface area contributed by atoms with Crippen molar-refractivity contribution < 1.29 is 4.92 Å². The van der Waals surface area contributed by atoms with Crippen molar-refractivity contribution in [1.29, 1.82) is 0 Å². The molecule has 2 aromatic rings. The summed E-state index contributed by atoms with van der Waals surface area (Å²) < 4.78 is 0.874. The van der Waals surface area contributed by atoms with Gasteiger partial charge in [-0.3, -0.25) is 10.1 Å². The molecular formula is C17H21BrN6O2. The van der Waals surface area contributed by atoms with E-state index in [1.807, 2.05) is 24.3 Å². The third-order valence-corrected chi connectivity index (χ3v) is 4.75. The van der Waals surface area contributed by atoms with Crippen LogP contribution in [0.2, 0.25) is 0 Å². The molecule has 0 amide bonds. The van der Waals surface area contributed by atoms with Crippen molar-refractivity contribution in [3.8, 4) is 0 Å². The molecule has 1 aliphatic rings. The topological polar surface area (TPSA) is 96.2 Å². The number of aromatic nitrogens is 2. The number of rotatable bonds is 7. The third-order valence-electron chi connectivity index (χ3n) is 4.26. The van der Waals surface area contributed by atoms with E-state index in [4.69, 9.17) is 0 Å². The third kappa shape index (κ3) is 4.89. The molecule has 0 bridgehead atoms. The second kappa shape index (κ2) is 8.91. The van der Waals surface area contributed by atoms with E-state index in [9.17, 15) is 10.1 Å². The summed E-state index contributed by atoms with van der Waals surface area (Å²) in [6.45, 7) is 3.62. The van der Waals surface area contributed by atoms with Gasteiger partial charge in [-0.1, -0.05) is 28.4 Å². The lowest BCUT2D eigenvalue weighted by atomic mass is 10.1. The molecule has 0 spiro atoms. The maximum Gasteiger partial charge on any atom is 0.353 e. The average molecular weight is 421 g/mol. The van der Waals surface area contributed by atoms with E-state index in [1.54, 1.807) is 0 Å². The van der Waals surface area contributed by atoms with Gasteiger partial charge in [-0.15, -0.1) is 0 Å². The highest BCUT2D eigenvalue weighted by Crippen LogP contribution is 2.31. The highest BCUT2D eigenvalue weighted by molar-refractivity contribution is 9.10. The molecular weight excluding hydrogens is 400 g/mol. The van der Waals surface area contributed by atoms with Gasteiger partial charge in [0.05, 0.1) is 4.92 Å². The van der Waals surface area contributed by atoms with Crippen molar-refractivity contribution in [1.82, 2.24) is 14.9 Å². The molecule has 8 nitrogen and oxygen atoms in total. The normalized spacial score (nSPS) is 14.8. The van der Waals surface area contributed by atoms with Crippen LogP contribution >= 0.6 is 15.9 Å². The lowest BCUT2D eigenvalue weighted by Crippen LogP contribution is -2.33. The van der Waals surface area contributed by atoms with Crippen LogP contribution in [-0.4, -0.2) is 46.0 Å². The molecule has 2 N–H and O–H groups in total. The number of piperidine rings is 1. The highest BCUT2D eigenvalue weighted by Gasteiger charge is 2.23. The van der Waals surface area contributed by atoms with Gasteiger partial charge in [0.1, 0.15) is 6.33 Å². The van der Waals surface area contributed by atoms with Gasteiger partial charge in [-0.2, -0.15) is 0 Å². The summed E-state index contributed by atoms with van der Waals surface area (Å²) in [5.41, 5.74) is 0.562. The van der Waals surface area contributed by atoms with Crippen LogP contribution in [0, 0.1) is 10.1 Å². The van der Waals surface area contributed by atoms with Gasteiger partial charge in [-0.05, 0) is 44.1 Å². The molecule has 1 aromatic carbocycles. The van der Waals surface area contributed by atoms with E-state index >= 15 is 0 Å². The average Bonchev–Trinajstić information content (AvgIpc) is 2.62. The summed E-state index contributed by atoms with van der Waals surface area (Å²) in [4.78, 5) is 21.6. The van der Waals surface area contributed by atoms with E-state index in [0.29, 0.717) is 12.2 Å². The van der Waals surface area contributed by atoms with Crippen LogP contribution in [0.15, 0.2) is 35.1 Å². The zero-order valence-electron chi connectivity index (χ0n) is 14.3. The number of nitrogens with zero attached hydrogens (tertiary/aromatic N) is 4. The van der Waals surface area contributed by atoms with Crippen molar-refractivity contribution in [2.75, 3.05) is 36.8 Å². The molecule has 0 radical (unpaired) electrons. The van der Waals surface area contributed by atoms with Crippen molar-refractivity contribution in [3.63, 3.8) is 0 Å². The zero-order chi connectivity index (χ0) is 18.4. The Kier molecular flexibility index (Phi) is 6.35. The molecule has 1 fully saturated rings. The summed E-state index contributed by atoms with van der Waals surface area (Å²) in [6, 6.07) is 7.37. The second-order valence-electron chi connectivity index (χ2n) is 6.14. The number of hydrogen-bond donors (Lipinski definition) is 2. The van der Waals surface area contributed by atoms with E-state index in [1.165, 1.54) is 25.6 Å². The SMILES string of the molecule is O=[N+]([O-])c1c(NCCN2CCCCC2)ncnc1Nc1cccc(Br)c1. The van der Waals surface area contributed by atoms with Crippen LogP contribution in [0.4, 0.5) is 23.0 Å². The predicted octanol–water partition coefficient (Wildman–Crippen LogP) is 3.79. The van der Waals surface area contributed by atoms with Crippen LogP contribution < -0.4 is 10.6 Å². The predicted molar refractivity (Wildman–Crippen MR) is 105 cm³/mol. The number of hydrogen-bond acceptors (Lipinski definition) is 7. The summed E-state index contributed by atoms with van der Waals surface area (Å²) in [5, 5.41) is 17.7. The zero-order valence-corrected chi connectivity index (χ0v) is 15.9. The van der Waals surface area contributed by atoms with Crippen LogP contribution in [-0.2, 0) is 0 Å². The molecule has 9 heteroatoms. The van der Waals surface area contributed by atoms with Gasteiger partial charge in [0, 0.05) is 23.2 Å². The van der Waals surface area contributed by atoms with Gasteiger partial charge in [0.25, 0.3) is 0 Å². The smallest absolute Gasteiger partial charge is 0.353 e. The largest absolute Gasteiger partial charge is 0.363 e. The first kappa shape index (κ1) is 18.5. The van der Waals surface area contributed by atoms with Gasteiger partial charge in [0.2, 0.25) is 11.6 Å². The van der Waals surface area contributed by atoms with Gasteiger partial charge in [0.15, 0.2) is 0 Å². The number of nitro groups is 1. The maximum atomic E-state index is 11.6. The minimum atomic E-state index is -0.455. The Morgan fingerprint density at radius 2 is 1.96 bits per heavy atom. The molecule has 1 aromatic heterocycles. The first-order valence-electron chi connectivity index (χ1n) is 8.61. The Hall–Kier alpha value is -2.26. The lowest BCUT2D eigenvalue weighted by molar-refractivity contribution is -0.383. The van der Waals surface area contributed by atoms with Crippen molar-refractivity contribution in [2.45, 2.75) is 19.3 Å². The van der Waals surface area contributed by atoms with Gasteiger partial charge in [-0.25, -0.2) is 9.97 Å². The Bertz CT molecular complexity index is 767. The molecule has 3 rings (SSSR count). The first-order chi connectivity index (χ1) is 12.6. The fourth-order valence-corrected chi connectivity index (χ4v) is 3.39. The number of likely N-dealkylation sites (tertiary alicyclic amines) is 1. The Labute approximate surface area is 160 Å². The van der Waals surface area contributed by atoms with Crippen molar-refractivity contribution in [3.05, 3.63) is 45.2 Å². The monoisotopic (exact) mass is 420 g/mol. The van der Waals surface area contributed by atoms with Crippen molar-refractivity contribution in [2.24, 2.45) is 0 Å². The minimum absolute atomic E-state index is 0.147. The molecule has 0 aliphatic carbocycles. The van der Waals surface area contributed by atoms with Crippen LogP contribution in [0.3, 0.4) is 0 Å². The molecule has 1 saturated heterocycles. The molecule has 26 heavy (non-hydrogen) atoms. The van der Waals surface area contributed by atoms with Crippen LogP contribution in [0.1, 0.15) is 19.3 Å². The molecule has 0 saturated carbocycles. The highest BCUT2D eigenvalue weighted by atomic mass is 79.9. The minimum Gasteiger partial charge on any atom is -0.363 e. The van der Waals surface area contributed by atoms with E-state index in [0.717, 1.165) is 24.1 Å². The summed E-state index contributed by atoms with van der Waals surface area (Å²) in [7, 11) is 0. The number of benzene rings is 1. The standard InChI is InChI=1S/C17H21BrN6O2/c18-13-5-4-6-14(11-13)22-17-15(24(25)26)16(20-12-21-17)19-7-10-23-8-2-1-3-9-23/h4-6,11-12H,1-3,7-10H2,(H2,19,20,21,22).